The average Bonchev–Trinajstić information content (AvgIpc) is 2.66. The number of hydrogen-bond acceptors (Lipinski definition) is 4. The Labute approximate surface area is 87.7 Å². The molecule has 1 aromatic rings. The maximum absolute atomic E-state index is 11.6. The minimum atomic E-state index is -0.532. The van der Waals surface area contributed by atoms with E-state index in [9.17, 15) is 4.79 Å². The predicted molar refractivity (Wildman–Crippen MR) is 57.1 cm³/mol. The van der Waals surface area contributed by atoms with Crippen molar-refractivity contribution in [3.05, 3.63) is 16.6 Å². The highest BCUT2D eigenvalue weighted by Crippen LogP contribution is 2.03. The van der Waals surface area contributed by atoms with Crippen LogP contribution < -0.4 is 10.6 Å². The highest BCUT2D eigenvalue weighted by Gasteiger charge is 2.24. The molecule has 0 radical (unpaired) electrons. The Balaban J connectivity index is 2.43. The van der Waals surface area contributed by atoms with Gasteiger partial charge in [-0.25, -0.2) is 4.98 Å². The van der Waals surface area contributed by atoms with Crippen LogP contribution in [-0.4, -0.2) is 23.5 Å². The van der Waals surface area contributed by atoms with Crippen LogP contribution in [0.1, 0.15) is 19.5 Å². The summed E-state index contributed by atoms with van der Waals surface area (Å²) in [5.74, 6) is -0.0204. The Hall–Kier alpha value is -0.940. The standard InChI is InChI=1S/C9H15N3OS/c1-9(2,10-3)8(13)11-4-7-5-14-6-12-7/h5-6,10H,4H2,1-3H3,(H,11,13). The topological polar surface area (TPSA) is 54.0 Å². The quantitative estimate of drug-likeness (QED) is 0.776. The zero-order chi connectivity index (χ0) is 10.6. The third-order valence-electron chi connectivity index (χ3n) is 2.11. The Bertz CT molecular complexity index is 295. The first-order chi connectivity index (χ1) is 6.56. The summed E-state index contributed by atoms with van der Waals surface area (Å²) in [5.41, 5.74) is 2.12. The van der Waals surface area contributed by atoms with Gasteiger partial charge in [0.2, 0.25) is 5.91 Å². The molecule has 2 N–H and O–H groups in total. The smallest absolute Gasteiger partial charge is 0.240 e. The zero-order valence-corrected chi connectivity index (χ0v) is 9.44. The molecule has 0 aliphatic carbocycles. The SMILES string of the molecule is CNC(C)(C)C(=O)NCc1cscn1. The highest BCUT2D eigenvalue weighted by atomic mass is 32.1. The third-order valence-corrected chi connectivity index (χ3v) is 2.74. The lowest BCUT2D eigenvalue weighted by Crippen LogP contribution is -2.50. The second-order valence-corrected chi connectivity index (χ2v) is 4.26. The Kier molecular flexibility index (Phi) is 3.60. The Morgan fingerprint density at radius 2 is 2.36 bits per heavy atom. The average molecular weight is 213 g/mol. The van der Waals surface area contributed by atoms with Crippen molar-refractivity contribution in [2.45, 2.75) is 25.9 Å². The number of thiazole rings is 1. The summed E-state index contributed by atoms with van der Waals surface area (Å²) in [7, 11) is 1.77. The largest absolute Gasteiger partial charge is 0.349 e. The van der Waals surface area contributed by atoms with Crippen molar-refractivity contribution in [1.29, 1.82) is 0 Å². The van der Waals surface area contributed by atoms with Crippen LogP contribution in [0.2, 0.25) is 0 Å². The minimum absolute atomic E-state index is 0.0204. The minimum Gasteiger partial charge on any atom is -0.349 e. The molecule has 0 aliphatic rings. The fourth-order valence-corrected chi connectivity index (χ4v) is 1.39. The monoisotopic (exact) mass is 213 g/mol. The lowest BCUT2D eigenvalue weighted by atomic mass is 10.1. The number of aromatic nitrogens is 1. The van der Waals surface area contributed by atoms with Crippen LogP contribution in [0.3, 0.4) is 0 Å². The van der Waals surface area contributed by atoms with E-state index in [0.717, 1.165) is 5.69 Å². The van der Waals surface area contributed by atoms with Gasteiger partial charge in [0.25, 0.3) is 0 Å². The lowest BCUT2D eigenvalue weighted by molar-refractivity contribution is -0.126. The molecule has 0 saturated heterocycles. The van der Waals surface area contributed by atoms with Crippen LogP contribution in [0.5, 0.6) is 0 Å². The second-order valence-electron chi connectivity index (χ2n) is 3.54. The molecular weight excluding hydrogens is 198 g/mol. The maximum Gasteiger partial charge on any atom is 0.240 e. The summed E-state index contributed by atoms with van der Waals surface area (Å²) >= 11 is 1.53. The molecule has 5 heteroatoms. The first-order valence-electron chi connectivity index (χ1n) is 4.40. The summed E-state index contributed by atoms with van der Waals surface area (Å²) in [6.45, 7) is 4.17. The summed E-state index contributed by atoms with van der Waals surface area (Å²) in [6, 6.07) is 0. The molecule has 0 bridgehead atoms. The molecule has 0 unspecified atom stereocenters. The molecule has 0 aliphatic heterocycles. The molecule has 0 aromatic carbocycles. The Morgan fingerprint density at radius 3 is 2.86 bits per heavy atom. The molecule has 1 aromatic heterocycles. The van der Waals surface area contributed by atoms with Crippen molar-refractivity contribution in [1.82, 2.24) is 15.6 Å². The summed E-state index contributed by atoms with van der Waals surface area (Å²) in [4.78, 5) is 15.7. The molecule has 4 nitrogen and oxygen atoms in total. The van der Waals surface area contributed by atoms with Gasteiger partial charge >= 0.3 is 0 Å². The molecule has 14 heavy (non-hydrogen) atoms. The van der Waals surface area contributed by atoms with Crippen LogP contribution in [-0.2, 0) is 11.3 Å². The van der Waals surface area contributed by atoms with Gasteiger partial charge in [0, 0.05) is 5.38 Å². The first kappa shape index (κ1) is 11.1. The van der Waals surface area contributed by atoms with E-state index in [-0.39, 0.29) is 5.91 Å². The molecule has 1 rings (SSSR count). The van der Waals surface area contributed by atoms with E-state index in [4.69, 9.17) is 0 Å². The normalized spacial score (nSPS) is 11.4. The van der Waals surface area contributed by atoms with E-state index in [0.29, 0.717) is 6.54 Å². The molecule has 0 saturated carbocycles. The number of likely N-dealkylation sites (N-methyl/N-ethyl adjacent to an activating group) is 1. The van der Waals surface area contributed by atoms with E-state index in [2.05, 4.69) is 15.6 Å². The van der Waals surface area contributed by atoms with Gasteiger partial charge in [0.15, 0.2) is 0 Å². The molecule has 1 amide bonds. The van der Waals surface area contributed by atoms with Crippen LogP contribution in [0.4, 0.5) is 0 Å². The molecule has 0 fully saturated rings. The summed E-state index contributed by atoms with van der Waals surface area (Å²) < 4.78 is 0. The number of carbonyl (C=O) groups excluding carboxylic acids is 1. The fourth-order valence-electron chi connectivity index (χ4n) is 0.830. The highest BCUT2D eigenvalue weighted by molar-refractivity contribution is 7.07. The van der Waals surface area contributed by atoms with Crippen molar-refractivity contribution >= 4 is 17.2 Å². The van der Waals surface area contributed by atoms with Crippen molar-refractivity contribution in [2.24, 2.45) is 0 Å². The predicted octanol–water partition coefficient (Wildman–Crippen LogP) is 0.757. The van der Waals surface area contributed by atoms with Gasteiger partial charge in [-0.05, 0) is 20.9 Å². The van der Waals surface area contributed by atoms with Crippen LogP contribution in [0.25, 0.3) is 0 Å². The van der Waals surface area contributed by atoms with E-state index < -0.39 is 5.54 Å². The van der Waals surface area contributed by atoms with Crippen LogP contribution in [0, 0.1) is 0 Å². The number of nitrogens with zero attached hydrogens (tertiary/aromatic N) is 1. The molecule has 0 atom stereocenters. The van der Waals surface area contributed by atoms with E-state index in [1.165, 1.54) is 11.3 Å². The van der Waals surface area contributed by atoms with Gasteiger partial charge in [0.1, 0.15) is 0 Å². The van der Waals surface area contributed by atoms with Gasteiger partial charge in [-0.2, -0.15) is 0 Å². The fraction of sp³-hybridized carbons (Fsp3) is 0.556. The van der Waals surface area contributed by atoms with E-state index >= 15 is 0 Å². The Morgan fingerprint density at radius 1 is 1.64 bits per heavy atom. The van der Waals surface area contributed by atoms with Gasteiger partial charge in [-0.3, -0.25) is 4.79 Å². The lowest BCUT2D eigenvalue weighted by Gasteiger charge is -2.22. The maximum atomic E-state index is 11.6. The number of nitrogens with one attached hydrogen (secondary N) is 2. The molecular formula is C9H15N3OS. The van der Waals surface area contributed by atoms with Gasteiger partial charge in [-0.1, -0.05) is 0 Å². The molecule has 78 valence electrons. The number of rotatable bonds is 4. The van der Waals surface area contributed by atoms with E-state index in [1.807, 2.05) is 19.2 Å². The van der Waals surface area contributed by atoms with E-state index in [1.54, 1.807) is 12.6 Å². The second kappa shape index (κ2) is 4.52. The molecule has 1 heterocycles. The van der Waals surface area contributed by atoms with Gasteiger partial charge in [-0.15, -0.1) is 11.3 Å². The summed E-state index contributed by atoms with van der Waals surface area (Å²) in [5, 5.41) is 7.68. The number of hydrogen-bond donors (Lipinski definition) is 2. The van der Waals surface area contributed by atoms with Crippen molar-refractivity contribution < 1.29 is 4.79 Å². The number of carbonyl (C=O) groups is 1. The van der Waals surface area contributed by atoms with Crippen LogP contribution in [0.15, 0.2) is 10.9 Å². The van der Waals surface area contributed by atoms with Crippen molar-refractivity contribution in [3.63, 3.8) is 0 Å². The zero-order valence-electron chi connectivity index (χ0n) is 8.63. The summed E-state index contributed by atoms with van der Waals surface area (Å²) in [6.07, 6.45) is 0. The van der Waals surface area contributed by atoms with Gasteiger partial charge in [0.05, 0.1) is 23.3 Å². The van der Waals surface area contributed by atoms with Crippen molar-refractivity contribution in [3.8, 4) is 0 Å². The number of amides is 1. The first-order valence-corrected chi connectivity index (χ1v) is 5.35. The van der Waals surface area contributed by atoms with Crippen LogP contribution >= 0.6 is 11.3 Å². The third kappa shape index (κ3) is 2.78. The van der Waals surface area contributed by atoms with Gasteiger partial charge < -0.3 is 10.6 Å². The van der Waals surface area contributed by atoms with Crippen molar-refractivity contribution in [2.75, 3.05) is 7.05 Å². The molecule has 0 spiro atoms.